The van der Waals surface area contributed by atoms with Gasteiger partial charge in [-0.3, -0.25) is 0 Å². The average Bonchev–Trinajstić information content (AvgIpc) is 2.63. The molecular formula is C11H20N2O. The lowest BCUT2D eigenvalue weighted by molar-refractivity contribution is 0.282. The van der Waals surface area contributed by atoms with Crippen LogP contribution in [0.15, 0.2) is 4.99 Å². The van der Waals surface area contributed by atoms with E-state index < -0.39 is 0 Å². The predicted octanol–water partition coefficient (Wildman–Crippen LogP) is 2.06. The summed E-state index contributed by atoms with van der Waals surface area (Å²) >= 11 is 0. The highest BCUT2D eigenvalue weighted by atomic mass is 16.5. The Hall–Kier alpha value is -0.730. The fourth-order valence-corrected chi connectivity index (χ4v) is 2.49. The zero-order valence-corrected chi connectivity index (χ0v) is 8.74. The molecule has 2 rings (SSSR count). The van der Waals surface area contributed by atoms with E-state index in [1.54, 1.807) is 0 Å². The number of amidine groups is 1. The van der Waals surface area contributed by atoms with Crippen molar-refractivity contribution < 1.29 is 4.74 Å². The average molecular weight is 196 g/mol. The molecule has 1 aliphatic carbocycles. The van der Waals surface area contributed by atoms with Crippen molar-refractivity contribution in [3.8, 4) is 0 Å². The van der Waals surface area contributed by atoms with Gasteiger partial charge >= 0.3 is 0 Å². The third-order valence-electron chi connectivity index (χ3n) is 3.37. The Bertz CT molecular complexity index is 209. The third-order valence-corrected chi connectivity index (χ3v) is 3.37. The number of rotatable bonds is 3. The summed E-state index contributed by atoms with van der Waals surface area (Å²) in [5.41, 5.74) is 5.46. The van der Waals surface area contributed by atoms with Gasteiger partial charge in [0, 0.05) is 0 Å². The molecule has 0 spiro atoms. The van der Waals surface area contributed by atoms with Gasteiger partial charge in [0.15, 0.2) is 0 Å². The fourth-order valence-electron chi connectivity index (χ4n) is 2.49. The number of hydrogen-bond donors (Lipinski definition) is 1. The van der Waals surface area contributed by atoms with Crippen LogP contribution in [0.5, 0.6) is 0 Å². The van der Waals surface area contributed by atoms with Gasteiger partial charge in [0.2, 0.25) is 0 Å². The van der Waals surface area contributed by atoms with E-state index in [2.05, 4.69) is 4.99 Å². The number of ether oxygens (including phenoxy) is 1. The summed E-state index contributed by atoms with van der Waals surface area (Å²) in [4.78, 5) is 4.25. The quantitative estimate of drug-likeness (QED) is 0.751. The van der Waals surface area contributed by atoms with Gasteiger partial charge in [-0.25, -0.2) is 4.99 Å². The first kappa shape index (κ1) is 9.81. The smallest absolute Gasteiger partial charge is 0.282 e. The van der Waals surface area contributed by atoms with E-state index in [1.807, 2.05) is 0 Å². The second-order valence-corrected chi connectivity index (χ2v) is 4.51. The topological polar surface area (TPSA) is 47.6 Å². The van der Waals surface area contributed by atoms with Gasteiger partial charge in [-0.15, -0.1) is 0 Å². The lowest BCUT2D eigenvalue weighted by Gasteiger charge is -2.21. The Morgan fingerprint density at radius 2 is 2.00 bits per heavy atom. The first-order valence-corrected chi connectivity index (χ1v) is 5.80. The normalized spacial score (nSPS) is 28.6. The van der Waals surface area contributed by atoms with Crippen LogP contribution >= 0.6 is 0 Å². The highest BCUT2D eigenvalue weighted by Crippen LogP contribution is 2.28. The molecule has 0 radical (unpaired) electrons. The highest BCUT2D eigenvalue weighted by Gasteiger charge is 2.19. The van der Waals surface area contributed by atoms with Crippen LogP contribution in [0.3, 0.4) is 0 Å². The number of hydrogen-bond acceptors (Lipinski definition) is 3. The van der Waals surface area contributed by atoms with Gasteiger partial charge in [-0.2, -0.15) is 0 Å². The van der Waals surface area contributed by atoms with Gasteiger partial charge in [0.05, 0.1) is 6.04 Å². The van der Waals surface area contributed by atoms with Crippen molar-refractivity contribution in [3.63, 3.8) is 0 Å². The highest BCUT2D eigenvalue weighted by molar-refractivity contribution is 5.72. The van der Waals surface area contributed by atoms with Crippen molar-refractivity contribution in [2.45, 2.75) is 51.0 Å². The minimum absolute atomic E-state index is 0.344. The second kappa shape index (κ2) is 4.67. The summed E-state index contributed by atoms with van der Waals surface area (Å²) < 4.78 is 5.13. The van der Waals surface area contributed by atoms with Crippen LogP contribution in [0.2, 0.25) is 0 Å². The van der Waals surface area contributed by atoms with Gasteiger partial charge in [-0.05, 0) is 18.8 Å². The molecule has 14 heavy (non-hydrogen) atoms. The van der Waals surface area contributed by atoms with Gasteiger partial charge in [-0.1, -0.05) is 32.1 Å². The molecular weight excluding hydrogens is 176 g/mol. The molecule has 1 heterocycles. The molecule has 1 aliphatic heterocycles. The van der Waals surface area contributed by atoms with Crippen molar-refractivity contribution in [3.05, 3.63) is 0 Å². The minimum atomic E-state index is 0.344. The van der Waals surface area contributed by atoms with Crippen LogP contribution in [0.25, 0.3) is 0 Å². The Morgan fingerprint density at radius 1 is 1.21 bits per heavy atom. The molecule has 2 N–H and O–H groups in total. The Labute approximate surface area is 85.7 Å². The Kier molecular flexibility index (Phi) is 3.27. The number of nitrogens with zero attached hydrogens (tertiary/aromatic N) is 1. The van der Waals surface area contributed by atoms with Crippen molar-refractivity contribution in [2.24, 2.45) is 16.6 Å². The lowest BCUT2D eigenvalue weighted by Crippen LogP contribution is -2.12. The van der Waals surface area contributed by atoms with E-state index in [1.165, 1.54) is 38.5 Å². The molecule has 80 valence electrons. The first-order valence-electron chi connectivity index (χ1n) is 5.80. The summed E-state index contributed by atoms with van der Waals surface area (Å²) in [6, 6.07) is 0.732. The molecule has 0 unspecified atom stereocenters. The van der Waals surface area contributed by atoms with Crippen LogP contribution in [0.4, 0.5) is 0 Å². The van der Waals surface area contributed by atoms with E-state index in [-0.39, 0.29) is 0 Å². The molecule has 0 bridgehead atoms. The third kappa shape index (κ3) is 2.63. The first-order chi connectivity index (χ1) is 6.84. The Morgan fingerprint density at radius 3 is 2.64 bits per heavy atom. The van der Waals surface area contributed by atoms with Gasteiger partial charge in [0.1, 0.15) is 6.61 Å². The van der Waals surface area contributed by atoms with Gasteiger partial charge in [0.25, 0.3) is 6.02 Å². The monoisotopic (exact) mass is 196 g/mol. The molecule has 2 aliphatic rings. The summed E-state index contributed by atoms with van der Waals surface area (Å²) in [5.74, 6) is 0.945. The fraction of sp³-hybridized carbons (Fsp3) is 0.909. The SMILES string of the molecule is NC1=N[C@H](CCC2CCCCC2)CO1. The summed E-state index contributed by atoms with van der Waals surface area (Å²) in [5, 5.41) is 0. The molecule has 0 aromatic rings. The zero-order chi connectivity index (χ0) is 9.80. The van der Waals surface area contributed by atoms with E-state index in [0.717, 1.165) is 12.3 Å². The largest absolute Gasteiger partial charge is 0.463 e. The predicted molar refractivity (Wildman–Crippen MR) is 57.2 cm³/mol. The summed E-state index contributed by atoms with van der Waals surface area (Å²) in [6.07, 6.45) is 9.61. The molecule has 0 saturated heterocycles. The van der Waals surface area contributed by atoms with Crippen molar-refractivity contribution in [1.29, 1.82) is 0 Å². The van der Waals surface area contributed by atoms with Crippen LogP contribution in [0.1, 0.15) is 44.9 Å². The van der Waals surface area contributed by atoms with E-state index in [0.29, 0.717) is 18.7 Å². The van der Waals surface area contributed by atoms with E-state index in [4.69, 9.17) is 10.5 Å². The van der Waals surface area contributed by atoms with Crippen LogP contribution in [-0.2, 0) is 4.74 Å². The van der Waals surface area contributed by atoms with Crippen molar-refractivity contribution >= 4 is 6.02 Å². The Balaban J connectivity index is 1.66. The molecule has 1 atom stereocenters. The van der Waals surface area contributed by atoms with Crippen molar-refractivity contribution in [2.75, 3.05) is 6.61 Å². The summed E-state index contributed by atoms with van der Waals surface area (Å²) in [7, 11) is 0. The van der Waals surface area contributed by atoms with Crippen LogP contribution < -0.4 is 5.73 Å². The van der Waals surface area contributed by atoms with Crippen molar-refractivity contribution in [1.82, 2.24) is 0 Å². The second-order valence-electron chi connectivity index (χ2n) is 4.51. The number of nitrogens with two attached hydrogens (primary N) is 1. The van der Waals surface area contributed by atoms with E-state index in [9.17, 15) is 0 Å². The summed E-state index contributed by atoms with van der Waals surface area (Å²) in [6.45, 7) is 0.707. The van der Waals surface area contributed by atoms with E-state index >= 15 is 0 Å². The molecule has 1 fully saturated rings. The molecule has 0 aromatic carbocycles. The maximum absolute atomic E-state index is 5.46. The standard InChI is InChI=1S/C11H20N2O/c12-11-13-10(8-14-11)7-6-9-4-2-1-3-5-9/h9-10H,1-8H2,(H2,12,13)/t10-/m1/s1. The molecule has 3 nitrogen and oxygen atoms in total. The molecule has 0 aromatic heterocycles. The minimum Gasteiger partial charge on any atom is -0.463 e. The molecule has 0 amide bonds. The maximum atomic E-state index is 5.46. The zero-order valence-electron chi connectivity index (χ0n) is 8.74. The molecule has 1 saturated carbocycles. The molecule has 3 heteroatoms. The van der Waals surface area contributed by atoms with Crippen LogP contribution in [0, 0.1) is 5.92 Å². The number of aliphatic imine (C=N–C) groups is 1. The van der Waals surface area contributed by atoms with Gasteiger partial charge < -0.3 is 10.5 Å². The van der Waals surface area contributed by atoms with Crippen LogP contribution in [-0.4, -0.2) is 18.7 Å². The lowest BCUT2D eigenvalue weighted by atomic mass is 9.85. The maximum Gasteiger partial charge on any atom is 0.282 e.